The highest BCUT2D eigenvalue weighted by atomic mass is 79.9. The van der Waals surface area contributed by atoms with Crippen LogP contribution in [0, 0.1) is 0 Å². The molecule has 1 spiro atoms. The monoisotopic (exact) mass is 353 g/mol. The molecular formula is C16H20BrNOS. The van der Waals surface area contributed by atoms with E-state index in [0.717, 1.165) is 23.0 Å². The van der Waals surface area contributed by atoms with Crippen LogP contribution >= 0.6 is 15.9 Å². The van der Waals surface area contributed by atoms with Gasteiger partial charge < -0.3 is 4.72 Å². The lowest BCUT2D eigenvalue weighted by molar-refractivity contribution is 0.557. The molecule has 0 heterocycles. The third-order valence-corrected chi connectivity index (χ3v) is 6.13. The maximum atomic E-state index is 12.3. The van der Waals surface area contributed by atoms with Crippen LogP contribution in [0.15, 0.2) is 34.4 Å². The van der Waals surface area contributed by atoms with Crippen molar-refractivity contribution in [1.82, 2.24) is 4.72 Å². The summed E-state index contributed by atoms with van der Waals surface area (Å²) in [6.45, 7) is 5.99. The number of benzene rings is 1. The average molecular weight is 354 g/mol. The largest absolute Gasteiger partial charge is 0.308 e. The molecule has 108 valence electrons. The molecule has 20 heavy (non-hydrogen) atoms. The fourth-order valence-electron chi connectivity index (χ4n) is 2.89. The standard InChI is InChI=1S/C16H20BrNOS/c1-15(2,3)20(19)18-14-10-16(14)8-4-5-11-6-7-12(17)9-13(11)16/h6-7,9-10,18H,4-5,8H2,1-3H3. The molecule has 2 atom stereocenters. The van der Waals surface area contributed by atoms with Gasteiger partial charge in [-0.3, -0.25) is 0 Å². The van der Waals surface area contributed by atoms with Gasteiger partial charge in [0.25, 0.3) is 0 Å². The summed E-state index contributed by atoms with van der Waals surface area (Å²) in [7, 11) is -1.04. The normalized spacial score (nSPS) is 25.9. The number of halogens is 1. The molecule has 2 aliphatic rings. The van der Waals surface area contributed by atoms with Gasteiger partial charge in [0.2, 0.25) is 0 Å². The van der Waals surface area contributed by atoms with Crippen LogP contribution in [0.4, 0.5) is 0 Å². The van der Waals surface area contributed by atoms with Crippen molar-refractivity contribution >= 4 is 26.9 Å². The van der Waals surface area contributed by atoms with Gasteiger partial charge in [-0.25, -0.2) is 4.21 Å². The highest BCUT2D eigenvalue weighted by Gasteiger charge is 2.49. The lowest BCUT2D eigenvalue weighted by Crippen LogP contribution is -2.34. The van der Waals surface area contributed by atoms with Crippen LogP contribution in [-0.2, 0) is 22.8 Å². The molecule has 0 radical (unpaired) electrons. The van der Waals surface area contributed by atoms with Crippen LogP contribution in [-0.4, -0.2) is 8.96 Å². The van der Waals surface area contributed by atoms with Crippen LogP contribution in [0.2, 0.25) is 0 Å². The number of allylic oxidation sites excluding steroid dienone is 2. The molecule has 0 amide bonds. The zero-order valence-corrected chi connectivity index (χ0v) is 14.5. The SMILES string of the molecule is CC(C)(C)S(=O)NC1=CC12CCCc1ccc(Br)cc12. The van der Waals surface area contributed by atoms with E-state index in [1.165, 1.54) is 17.5 Å². The summed E-state index contributed by atoms with van der Waals surface area (Å²) in [5.41, 5.74) is 3.98. The summed E-state index contributed by atoms with van der Waals surface area (Å²) >= 11 is 3.57. The third-order valence-electron chi connectivity index (χ3n) is 4.12. The summed E-state index contributed by atoms with van der Waals surface area (Å²) in [5, 5.41) is 0. The van der Waals surface area contributed by atoms with Gasteiger partial charge in [-0.2, -0.15) is 0 Å². The Morgan fingerprint density at radius 3 is 2.80 bits per heavy atom. The maximum Gasteiger partial charge on any atom is 0.122 e. The van der Waals surface area contributed by atoms with Gasteiger partial charge in [-0.1, -0.05) is 22.0 Å². The Balaban J connectivity index is 1.85. The molecule has 0 bridgehead atoms. The number of hydrogen-bond acceptors (Lipinski definition) is 1. The van der Waals surface area contributed by atoms with Crippen LogP contribution in [0.3, 0.4) is 0 Å². The lowest BCUT2D eigenvalue weighted by Gasteiger charge is -2.28. The highest BCUT2D eigenvalue weighted by molar-refractivity contribution is 9.10. The molecule has 2 aliphatic carbocycles. The summed E-state index contributed by atoms with van der Waals surface area (Å²) in [6.07, 6.45) is 5.72. The highest BCUT2D eigenvalue weighted by Crippen LogP contribution is 2.53. The Labute approximate surface area is 131 Å². The van der Waals surface area contributed by atoms with Crippen LogP contribution < -0.4 is 4.72 Å². The minimum atomic E-state index is -1.04. The molecule has 0 aromatic heterocycles. The summed E-state index contributed by atoms with van der Waals surface area (Å²) in [4.78, 5) is 0. The third kappa shape index (κ3) is 2.37. The van der Waals surface area contributed by atoms with Crippen LogP contribution in [0.25, 0.3) is 0 Å². The Hall–Kier alpha value is -0.610. The van der Waals surface area contributed by atoms with Crippen molar-refractivity contribution in [1.29, 1.82) is 0 Å². The van der Waals surface area contributed by atoms with Gasteiger partial charge in [0.1, 0.15) is 11.0 Å². The van der Waals surface area contributed by atoms with E-state index in [4.69, 9.17) is 0 Å². The van der Waals surface area contributed by atoms with Crippen molar-refractivity contribution in [2.45, 2.75) is 50.2 Å². The minimum absolute atomic E-state index is 0.0261. The molecule has 2 unspecified atom stereocenters. The van der Waals surface area contributed by atoms with Crippen molar-refractivity contribution in [2.75, 3.05) is 0 Å². The maximum absolute atomic E-state index is 12.3. The Morgan fingerprint density at radius 1 is 1.35 bits per heavy atom. The van der Waals surface area contributed by atoms with E-state index in [0.29, 0.717) is 0 Å². The van der Waals surface area contributed by atoms with Gasteiger partial charge in [0.15, 0.2) is 0 Å². The van der Waals surface area contributed by atoms with Gasteiger partial charge in [0.05, 0.1) is 10.2 Å². The Bertz CT molecular complexity index is 617. The molecule has 3 rings (SSSR count). The predicted molar refractivity (Wildman–Crippen MR) is 87.9 cm³/mol. The molecule has 4 heteroatoms. The number of nitrogens with one attached hydrogen (secondary N) is 1. The molecule has 1 N–H and O–H groups in total. The average Bonchev–Trinajstić information content (AvgIpc) is 3.03. The van der Waals surface area contributed by atoms with Gasteiger partial charge in [-0.05, 0) is 69.4 Å². The molecule has 2 nitrogen and oxygen atoms in total. The van der Waals surface area contributed by atoms with E-state index in [2.05, 4.69) is 44.9 Å². The van der Waals surface area contributed by atoms with Crippen LogP contribution in [0.5, 0.6) is 0 Å². The van der Waals surface area contributed by atoms with Crippen molar-refractivity contribution in [2.24, 2.45) is 0 Å². The van der Waals surface area contributed by atoms with E-state index in [-0.39, 0.29) is 10.2 Å². The zero-order valence-electron chi connectivity index (χ0n) is 12.1. The number of fused-ring (bicyclic) bond motifs is 2. The van der Waals surface area contributed by atoms with Crippen molar-refractivity contribution in [3.63, 3.8) is 0 Å². The molecule has 0 aliphatic heterocycles. The second-order valence-corrected chi connectivity index (χ2v) is 9.55. The second-order valence-electron chi connectivity index (χ2n) is 6.67. The fraction of sp³-hybridized carbons (Fsp3) is 0.500. The lowest BCUT2D eigenvalue weighted by atomic mass is 9.78. The molecule has 1 aromatic carbocycles. The first-order valence-electron chi connectivity index (χ1n) is 7.04. The first-order chi connectivity index (χ1) is 9.33. The van der Waals surface area contributed by atoms with Gasteiger partial charge in [-0.15, -0.1) is 0 Å². The molecule has 0 fully saturated rings. The molecule has 0 saturated carbocycles. The van der Waals surface area contributed by atoms with Crippen molar-refractivity contribution < 1.29 is 4.21 Å². The Morgan fingerprint density at radius 2 is 2.10 bits per heavy atom. The Kier molecular flexibility index (Phi) is 3.37. The van der Waals surface area contributed by atoms with E-state index in [9.17, 15) is 4.21 Å². The topological polar surface area (TPSA) is 29.1 Å². The minimum Gasteiger partial charge on any atom is -0.308 e. The van der Waals surface area contributed by atoms with E-state index >= 15 is 0 Å². The first kappa shape index (κ1) is 14.3. The first-order valence-corrected chi connectivity index (χ1v) is 8.98. The number of aryl methyl sites for hydroxylation is 1. The fourth-order valence-corrected chi connectivity index (χ4v) is 4.00. The van der Waals surface area contributed by atoms with Gasteiger partial charge in [0, 0.05) is 10.2 Å². The van der Waals surface area contributed by atoms with E-state index < -0.39 is 11.0 Å². The smallest absolute Gasteiger partial charge is 0.122 e. The zero-order chi connectivity index (χ0) is 14.5. The van der Waals surface area contributed by atoms with Crippen LogP contribution in [0.1, 0.15) is 44.7 Å². The molecular weight excluding hydrogens is 334 g/mol. The summed E-state index contributed by atoms with van der Waals surface area (Å²) < 4.78 is 16.4. The van der Waals surface area contributed by atoms with E-state index in [1.807, 2.05) is 20.8 Å². The van der Waals surface area contributed by atoms with Crippen molar-refractivity contribution in [3.05, 3.63) is 45.6 Å². The second kappa shape index (κ2) is 4.70. The van der Waals surface area contributed by atoms with E-state index in [1.54, 1.807) is 0 Å². The van der Waals surface area contributed by atoms with Gasteiger partial charge >= 0.3 is 0 Å². The predicted octanol–water partition coefficient (Wildman–Crippen LogP) is 3.97. The number of rotatable bonds is 2. The molecule has 1 aromatic rings. The summed E-state index contributed by atoms with van der Waals surface area (Å²) in [6, 6.07) is 6.55. The summed E-state index contributed by atoms with van der Waals surface area (Å²) in [5.74, 6) is 0. The number of hydrogen-bond donors (Lipinski definition) is 1. The molecule has 0 saturated heterocycles. The van der Waals surface area contributed by atoms with Crippen molar-refractivity contribution in [3.8, 4) is 0 Å². The quantitative estimate of drug-likeness (QED) is 0.855.